The van der Waals surface area contributed by atoms with Crippen LogP contribution >= 0.6 is 22.9 Å². The molecule has 0 aliphatic heterocycles. The maximum atomic E-state index is 11.7. The fraction of sp³-hybridized carbons (Fsp3) is 0.214. The van der Waals surface area contributed by atoms with Crippen LogP contribution in [0.1, 0.15) is 16.5 Å². The van der Waals surface area contributed by atoms with E-state index in [4.69, 9.17) is 20.8 Å². The third-order valence-corrected chi connectivity index (χ3v) is 3.95. The normalized spacial score (nSPS) is 12.7. The van der Waals surface area contributed by atoms with E-state index in [1.807, 2.05) is 12.1 Å². The molecule has 0 saturated heterocycles. The maximum Gasteiger partial charge on any atom is 0.244 e. The van der Waals surface area contributed by atoms with E-state index in [9.17, 15) is 4.79 Å². The summed E-state index contributed by atoms with van der Waals surface area (Å²) in [5, 5.41) is 2.79. The van der Waals surface area contributed by atoms with Crippen molar-refractivity contribution in [2.75, 3.05) is 13.7 Å². The van der Waals surface area contributed by atoms with Crippen molar-refractivity contribution in [3.8, 4) is 0 Å². The maximum absolute atomic E-state index is 11.7. The lowest BCUT2D eigenvalue weighted by atomic mass is 10.2. The van der Waals surface area contributed by atoms with Crippen LogP contribution in [-0.2, 0) is 9.53 Å². The molecule has 106 valence electrons. The quantitative estimate of drug-likeness (QED) is 0.831. The third kappa shape index (κ3) is 4.23. The summed E-state index contributed by atoms with van der Waals surface area (Å²) in [6.45, 7) is 0.391. The molecule has 0 unspecified atom stereocenters. The Bertz CT molecular complexity index is 577. The van der Waals surface area contributed by atoms with Crippen LogP contribution in [0.2, 0.25) is 4.34 Å². The lowest BCUT2D eigenvalue weighted by molar-refractivity contribution is -0.117. The van der Waals surface area contributed by atoms with Gasteiger partial charge >= 0.3 is 0 Å². The number of hydrogen-bond donors (Lipinski definition) is 1. The van der Waals surface area contributed by atoms with E-state index in [1.54, 1.807) is 31.8 Å². The topological polar surface area (TPSA) is 51.5 Å². The monoisotopic (exact) mass is 311 g/mol. The van der Waals surface area contributed by atoms with Gasteiger partial charge in [-0.1, -0.05) is 11.6 Å². The van der Waals surface area contributed by atoms with Gasteiger partial charge < -0.3 is 14.5 Å². The van der Waals surface area contributed by atoms with Gasteiger partial charge in [0.15, 0.2) is 0 Å². The molecule has 2 aromatic rings. The van der Waals surface area contributed by atoms with E-state index in [0.29, 0.717) is 10.9 Å². The summed E-state index contributed by atoms with van der Waals surface area (Å²) in [5.41, 5.74) is 0.841. The minimum Gasteiger partial charge on any atom is -0.472 e. The molecule has 0 radical (unpaired) electrons. The van der Waals surface area contributed by atoms with Crippen LogP contribution in [0.4, 0.5) is 0 Å². The second-order valence-corrected chi connectivity index (χ2v) is 5.75. The van der Waals surface area contributed by atoms with Crippen molar-refractivity contribution in [3.05, 3.63) is 51.6 Å². The molecular weight excluding hydrogens is 298 g/mol. The van der Waals surface area contributed by atoms with Gasteiger partial charge in [-0.15, -0.1) is 11.3 Å². The SMILES string of the molecule is CO[C@H](CNC(=O)/C=C/c1ccoc1)c1ccc(Cl)s1. The molecule has 1 atom stereocenters. The number of nitrogens with one attached hydrogen (secondary N) is 1. The van der Waals surface area contributed by atoms with Crippen LogP contribution in [0.3, 0.4) is 0 Å². The van der Waals surface area contributed by atoms with Crippen LogP contribution in [0.25, 0.3) is 6.08 Å². The standard InChI is InChI=1S/C14H14ClNO3S/c1-18-11(12-3-4-13(15)20-12)8-16-14(17)5-2-10-6-7-19-9-10/h2-7,9,11H,8H2,1H3,(H,16,17)/b5-2+/t11-/m1/s1. The van der Waals surface area contributed by atoms with Gasteiger partial charge in [0.25, 0.3) is 0 Å². The number of hydrogen-bond acceptors (Lipinski definition) is 4. The van der Waals surface area contributed by atoms with Crippen LogP contribution in [0.5, 0.6) is 0 Å². The van der Waals surface area contributed by atoms with Crippen molar-refractivity contribution >= 4 is 34.9 Å². The lowest BCUT2D eigenvalue weighted by Gasteiger charge is -2.13. The molecule has 0 fully saturated rings. The first-order valence-corrected chi connectivity index (χ1v) is 7.14. The molecule has 4 nitrogen and oxygen atoms in total. The Labute approximate surface area is 126 Å². The van der Waals surface area contributed by atoms with Crippen molar-refractivity contribution in [3.63, 3.8) is 0 Å². The van der Waals surface area contributed by atoms with Crippen molar-refractivity contribution < 1.29 is 13.9 Å². The Kier molecular flexibility index (Phi) is 5.40. The summed E-state index contributed by atoms with van der Waals surface area (Å²) in [6, 6.07) is 5.48. The van der Waals surface area contributed by atoms with Gasteiger partial charge in [-0.05, 0) is 24.3 Å². The molecule has 0 aromatic carbocycles. The average Bonchev–Trinajstić information content (AvgIpc) is 3.09. The molecule has 2 heterocycles. The summed E-state index contributed by atoms with van der Waals surface area (Å²) in [5.74, 6) is -0.184. The number of carbonyl (C=O) groups is 1. The van der Waals surface area contributed by atoms with E-state index in [0.717, 1.165) is 10.4 Å². The minimum absolute atomic E-state index is 0.184. The van der Waals surface area contributed by atoms with E-state index in [-0.39, 0.29) is 12.0 Å². The number of carbonyl (C=O) groups excluding carboxylic acids is 1. The molecule has 0 aliphatic carbocycles. The zero-order chi connectivity index (χ0) is 14.4. The first-order chi connectivity index (χ1) is 9.69. The molecule has 0 spiro atoms. The van der Waals surface area contributed by atoms with Crippen molar-refractivity contribution in [2.24, 2.45) is 0 Å². The van der Waals surface area contributed by atoms with Gasteiger partial charge in [0.05, 0.1) is 16.9 Å². The Morgan fingerprint density at radius 2 is 2.40 bits per heavy atom. The average molecular weight is 312 g/mol. The van der Waals surface area contributed by atoms with Crippen LogP contribution < -0.4 is 5.32 Å². The predicted molar refractivity (Wildman–Crippen MR) is 79.8 cm³/mol. The first-order valence-electron chi connectivity index (χ1n) is 5.95. The molecule has 0 aliphatic rings. The highest BCUT2D eigenvalue weighted by atomic mass is 35.5. The molecule has 20 heavy (non-hydrogen) atoms. The minimum atomic E-state index is -0.196. The summed E-state index contributed by atoms with van der Waals surface area (Å²) in [6.07, 6.45) is 6.06. The van der Waals surface area contributed by atoms with E-state index in [2.05, 4.69) is 5.32 Å². The fourth-order valence-electron chi connectivity index (χ4n) is 1.60. The number of ether oxygens (including phenoxy) is 1. The Balaban J connectivity index is 1.85. The van der Waals surface area contributed by atoms with Gasteiger partial charge in [0, 0.05) is 30.2 Å². The highest BCUT2D eigenvalue weighted by molar-refractivity contribution is 7.16. The molecule has 0 saturated carbocycles. The van der Waals surface area contributed by atoms with Crippen molar-refractivity contribution in [2.45, 2.75) is 6.10 Å². The molecule has 2 rings (SSSR count). The molecule has 2 aromatic heterocycles. The number of methoxy groups -OCH3 is 1. The number of furan rings is 1. The molecule has 0 bridgehead atoms. The molecular formula is C14H14ClNO3S. The van der Waals surface area contributed by atoms with E-state index >= 15 is 0 Å². The Hall–Kier alpha value is -1.56. The number of amides is 1. The Morgan fingerprint density at radius 3 is 3.00 bits per heavy atom. The summed E-state index contributed by atoms with van der Waals surface area (Å²) >= 11 is 7.33. The van der Waals surface area contributed by atoms with Gasteiger partial charge in [0.1, 0.15) is 6.10 Å². The van der Waals surface area contributed by atoms with Crippen LogP contribution in [-0.4, -0.2) is 19.6 Å². The second-order valence-electron chi connectivity index (χ2n) is 4.00. The van der Waals surface area contributed by atoms with Gasteiger partial charge in [-0.3, -0.25) is 4.79 Å². The predicted octanol–water partition coefficient (Wildman–Crippen LogP) is 3.51. The van der Waals surface area contributed by atoms with Gasteiger partial charge in [-0.25, -0.2) is 0 Å². The first kappa shape index (κ1) is 14.8. The summed E-state index contributed by atoms with van der Waals surface area (Å²) < 4.78 is 11.0. The zero-order valence-electron chi connectivity index (χ0n) is 10.8. The van der Waals surface area contributed by atoms with Gasteiger partial charge in [0.2, 0.25) is 5.91 Å². The third-order valence-electron chi connectivity index (χ3n) is 2.63. The van der Waals surface area contributed by atoms with E-state index in [1.165, 1.54) is 17.4 Å². The smallest absolute Gasteiger partial charge is 0.244 e. The van der Waals surface area contributed by atoms with E-state index < -0.39 is 0 Å². The lowest BCUT2D eigenvalue weighted by Crippen LogP contribution is -2.27. The molecule has 1 amide bonds. The second kappa shape index (κ2) is 7.28. The van der Waals surface area contributed by atoms with Crippen LogP contribution in [0, 0.1) is 0 Å². The van der Waals surface area contributed by atoms with Crippen molar-refractivity contribution in [1.29, 1.82) is 0 Å². The van der Waals surface area contributed by atoms with Crippen molar-refractivity contribution in [1.82, 2.24) is 5.32 Å². The van der Waals surface area contributed by atoms with Gasteiger partial charge in [-0.2, -0.15) is 0 Å². The number of thiophene rings is 1. The summed E-state index contributed by atoms with van der Waals surface area (Å²) in [4.78, 5) is 12.7. The highest BCUT2D eigenvalue weighted by Gasteiger charge is 2.13. The summed E-state index contributed by atoms with van der Waals surface area (Å²) in [7, 11) is 1.60. The van der Waals surface area contributed by atoms with Crippen LogP contribution in [0.15, 0.2) is 41.2 Å². The fourth-order valence-corrected chi connectivity index (χ4v) is 2.73. The largest absolute Gasteiger partial charge is 0.472 e. The number of rotatable bonds is 6. The highest BCUT2D eigenvalue weighted by Crippen LogP contribution is 2.28. The number of halogens is 1. The molecule has 6 heteroatoms. The molecule has 1 N–H and O–H groups in total. The zero-order valence-corrected chi connectivity index (χ0v) is 12.4. The Morgan fingerprint density at radius 1 is 1.55 bits per heavy atom.